The number of thioether (sulfide) groups is 1. The number of halogens is 1. The fourth-order valence-electron chi connectivity index (χ4n) is 2.75. The lowest BCUT2D eigenvalue weighted by molar-refractivity contribution is 0.108. The van der Waals surface area contributed by atoms with Crippen LogP contribution in [-0.4, -0.2) is 14.7 Å². The summed E-state index contributed by atoms with van der Waals surface area (Å²) in [5, 5.41) is 5.29. The average Bonchev–Trinajstić information content (AvgIpc) is 3.01. The first-order valence-electron chi connectivity index (χ1n) is 8.14. The molecule has 26 heavy (non-hydrogen) atoms. The van der Waals surface area contributed by atoms with Crippen molar-refractivity contribution in [1.29, 1.82) is 0 Å². The number of fused-ring (bicyclic) bond motifs is 1. The Hall–Kier alpha value is -2.56. The number of carbonyl (C=O) groups excluding carboxylic acids is 1. The van der Waals surface area contributed by atoms with Crippen molar-refractivity contribution in [2.45, 2.75) is 11.8 Å². The molecule has 3 nitrogen and oxygen atoms in total. The van der Waals surface area contributed by atoms with Crippen LogP contribution >= 0.6 is 23.4 Å². The Labute approximate surface area is 160 Å². The Morgan fingerprint density at radius 1 is 1.04 bits per heavy atom. The minimum atomic E-state index is -0.0322. The normalized spacial score (nSPS) is 11.0. The van der Waals surface area contributed by atoms with E-state index in [1.165, 1.54) is 11.8 Å². The first kappa shape index (κ1) is 16.9. The van der Waals surface area contributed by atoms with Crippen molar-refractivity contribution >= 4 is 34.0 Å². The molecule has 0 N–H and O–H groups in total. The molecule has 2 aromatic carbocycles. The van der Waals surface area contributed by atoms with Gasteiger partial charge in [0.2, 0.25) is 5.12 Å². The lowest BCUT2D eigenvalue weighted by Crippen LogP contribution is -1.93. The predicted molar refractivity (Wildman–Crippen MR) is 107 cm³/mol. The van der Waals surface area contributed by atoms with Crippen LogP contribution in [0.2, 0.25) is 5.02 Å². The quantitative estimate of drug-likeness (QED) is 0.416. The second-order valence-corrected chi connectivity index (χ2v) is 7.39. The molecule has 0 spiro atoms. The molecule has 0 unspecified atom stereocenters. The molecule has 5 heteroatoms. The van der Waals surface area contributed by atoms with Gasteiger partial charge in [0.05, 0.1) is 10.4 Å². The van der Waals surface area contributed by atoms with Crippen molar-refractivity contribution < 1.29 is 4.79 Å². The molecule has 4 aromatic rings. The Kier molecular flexibility index (Phi) is 4.53. The van der Waals surface area contributed by atoms with Gasteiger partial charge in [-0.25, -0.2) is 4.52 Å². The van der Waals surface area contributed by atoms with E-state index in [9.17, 15) is 4.79 Å². The maximum Gasteiger partial charge on any atom is 0.224 e. The zero-order valence-corrected chi connectivity index (χ0v) is 15.6. The third-order valence-corrected chi connectivity index (χ3v) is 5.35. The van der Waals surface area contributed by atoms with Gasteiger partial charge < -0.3 is 0 Å². The van der Waals surface area contributed by atoms with E-state index in [4.69, 9.17) is 16.7 Å². The van der Waals surface area contributed by atoms with Gasteiger partial charge in [-0.05, 0) is 60.6 Å². The highest BCUT2D eigenvalue weighted by atomic mass is 35.5. The summed E-state index contributed by atoms with van der Waals surface area (Å²) in [5.74, 6) is 0. The SMILES string of the molecule is Cc1ccn2nc(-c3ccccc3)c(SC(=O)c3ccc(Cl)cc3)c2c1. The summed E-state index contributed by atoms with van der Waals surface area (Å²) in [5.41, 5.74) is 4.46. The maximum absolute atomic E-state index is 12.8. The second-order valence-electron chi connectivity index (χ2n) is 5.97. The monoisotopic (exact) mass is 378 g/mol. The van der Waals surface area contributed by atoms with E-state index in [2.05, 4.69) is 6.07 Å². The molecule has 2 heterocycles. The Bertz CT molecular complexity index is 1090. The summed E-state index contributed by atoms with van der Waals surface area (Å²) in [6, 6.07) is 20.9. The zero-order valence-electron chi connectivity index (χ0n) is 14.0. The van der Waals surface area contributed by atoms with Crippen molar-refractivity contribution in [1.82, 2.24) is 9.61 Å². The molecular weight excluding hydrogens is 364 g/mol. The lowest BCUT2D eigenvalue weighted by atomic mass is 10.1. The summed E-state index contributed by atoms with van der Waals surface area (Å²) < 4.78 is 1.83. The van der Waals surface area contributed by atoms with E-state index in [1.54, 1.807) is 24.3 Å². The molecule has 0 bridgehead atoms. The van der Waals surface area contributed by atoms with Gasteiger partial charge in [-0.2, -0.15) is 5.10 Å². The zero-order chi connectivity index (χ0) is 18.1. The van der Waals surface area contributed by atoms with E-state index in [-0.39, 0.29) is 5.12 Å². The molecule has 0 amide bonds. The molecule has 0 saturated carbocycles. The van der Waals surface area contributed by atoms with Gasteiger partial charge in [-0.15, -0.1) is 0 Å². The fourth-order valence-corrected chi connectivity index (χ4v) is 3.83. The lowest BCUT2D eigenvalue weighted by Gasteiger charge is -2.04. The van der Waals surface area contributed by atoms with Gasteiger partial charge in [0, 0.05) is 22.3 Å². The summed E-state index contributed by atoms with van der Waals surface area (Å²) in [6.45, 7) is 2.03. The number of hydrogen-bond acceptors (Lipinski definition) is 3. The molecule has 0 aliphatic heterocycles. The van der Waals surface area contributed by atoms with Crippen molar-refractivity contribution in [3.8, 4) is 11.3 Å². The van der Waals surface area contributed by atoms with Crippen LogP contribution in [0.5, 0.6) is 0 Å². The van der Waals surface area contributed by atoms with Gasteiger partial charge >= 0.3 is 0 Å². The molecule has 0 saturated heterocycles. The average molecular weight is 379 g/mol. The number of benzene rings is 2. The fraction of sp³-hybridized carbons (Fsp3) is 0.0476. The summed E-state index contributed by atoms with van der Waals surface area (Å²) in [4.78, 5) is 13.7. The van der Waals surface area contributed by atoms with Crippen LogP contribution in [-0.2, 0) is 0 Å². The summed E-state index contributed by atoms with van der Waals surface area (Å²) >= 11 is 7.13. The molecule has 0 aliphatic carbocycles. The van der Waals surface area contributed by atoms with Crippen LogP contribution in [0.15, 0.2) is 77.8 Å². The van der Waals surface area contributed by atoms with Crippen LogP contribution in [0, 0.1) is 6.92 Å². The molecular formula is C21H15ClN2OS. The Balaban J connectivity index is 1.83. The molecule has 4 rings (SSSR count). The highest BCUT2D eigenvalue weighted by Crippen LogP contribution is 2.36. The van der Waals surface area contributed by atoms with Crippen LogP contribution in [0.25, 0.3) is 16.8 Å². The molecule has 0 atom stereocenters. The summed E-state index contributed by atoms with van der Waals surface area (Å²) in [6.07, 6.45) is 1.92. The van der Waals surface area contributed by atoms with Crippen molar-refractivity contribution in [2.75, 3.05) is 0 Å². The number of aromatic nitrogens is 2. The maximum atomic E-state index is 12.8. The first-order valence-corrected chi connectivity index (χ1v) is 9.33. The van der Waals surface area contributed by atoms with Crippen LogP contribution < -0.4 is 0 Å². The molecule has 0 fully saturated rings. The third-order valence-electron chi connectivity index (χ3n) is 4.07. The highest BCUT2D eigenvalue weighted by Gasteiger charge is 2.19. The van der Waals surface area contributed by atoms with Crippen LogP contribution in [0.1, 0.15) is 15.9 Å². The van der Waals surface area contributed by atoms with Gasteiger partial charge in [0.25, 0.3) is 0 Å². The number of aryl methyl sites for hydroxylation is 1. The van der Waals surface area contributed by atoms with Crippen LogP contribution in [0.3, 0.4) is 0 Å². The molecule has 0 radical (unpaired) electrons. The number of hydrogen-bond donors (Lipinski definition) is 0. The van der Waals surface area contributed by atoms with E-state index in [0.29, 0.717) is 10.6 Å². The molecule has 128 valence electrons. The first-order chi connectivity index (χ1) is 12.6. The van der Waals surface area contributed by atoms with Crippen LogP contribution in [0.4, 0.5) is 0 Å². The Morgan fingerprint density at radius 2 is 1.77 bits per heavy atom. The minimum Gasteiger partial charge on any atom is -0.281 e. The molecule has 0 aliphatic rings. The number of pyridine rings is 1. The largest absolute Gasteiger partial charge is 0.281 e. The second kappa shape index (κ2) is 6.98. The van der Waals surface area contributed by atoms with E-state index in [0.717, 1.165) is 27.2 Å². The van der Waals surface area contributed by atoms with Crippen molar-refractivity contribution in [2.24, 2.45) is 0 Å². The standard InChI is InChI=1S/C21H15ClN2OS/c1-14-11-12-24-18(13-14)20(19(23-24)15-5-3-2-4-6-15)26-21(25)16-7-9-17(22)10-8-16/h2-13H,1H3. The minimum absolute atomic E-state index is 0.0322. The number of rotatable bonds is 3. The highest BCUT2D eigenvalue weighted by molar-refractivity contribution is 8.14. The molecule has 2 aromatic heterocycles. The van der Waals surface area contributed by atoms with Crippen molar-refractivity contribution in [3.05, 3.63) is 89.1 Å². The van der Waals surface area contributed by atoms with Gasteiger partial charge in [-0.1, -0.05) is 41.9 Å². The van der Waals surface area contributed by atoms with E-state index < -0.39 is 0 Å². The van der Waals surface area contributed by atoms with Gasteiger partial charge in [-0.3, -0.25) is 4.79 Å². The smallest absolute Gasteiger partial charge is 0.224 e. The Morgan fingerprint density at radius 3 is 2.50 bits per heavy atom. The van der Waals surface area contributed by atoms with E-state index in [1.807, 2.05) is 54.0 Å². The predicted octanol–water partition coefficient (Wildman–Crippen LogP) is 5.90. The summed E-state index contributed by atoms with van der Waals surface area (Å²) in [7, 11) is 0. The van der Waals surface area contributed by atoms with Crippen molar-refractivity contribution in [3.63, 3.8) is 0 Å². The van der Waals surface area contributed by atoms with E-state index >= 15 is 0 Å². The number of carbonyl (C=O) groups is 1. The number of nitrogens with zero attached hydrogens (tertiary/aromatic N) is 2. The van der Waals surface area contributed by atoms with Gasteiger partial charge in [0.1, 0.15) is 5.69 Å². The third kappa shape index (κ3) is 3.26. The topological polar surface area (TPSA) is 34.4 Å². The van der Waals surface area contributed by atoms with Gasteiger partial charge in [0.15, 0.2) is 0 Å².